The largest absolute Gasteiger partial charge is 0.392 e. The molecule has 1 heterocycles. The van der Waals surface area contributed by atoms with Gasteiger partial charge in [-0.15, -0.1) is 0 Å². The van der Waals surface area contributed by atoms with E-state index in [1.807, 2.05) is 0 Å². The Kier molecular flexibility index (Phi) is 3.33. The summed E-state index contributed by atoms with van der Waals surface area (Å²) < 4.78 is 24.8. The molecule has 1 aromatic heterocycles. The van der Waals surface area contributed by atoms with Gasteiger partial charge < -0.3 is 5.73 Å². The Morgan fingerprint density at radius 2 is 2.19 bits per heavy atom. The van der Waals surface area contributed by atoms with Crippen molar-refractivity contribution in [1.29, 1.82) is 0 Å². The van der Waals surface area contributed by atoms with Crippen LogP contribution in [0.1, 0.15) is 22.5 Å². The summed E-state index contributed by atoms with van der Waals surface area (Å²) >= 11 is 5.02. The molecule has 0 aliphatic rings. The van der Waals surface area contributed by atoms with Gasteiger partial charge in [0.25, 0.3) is 11.7 Å². The molecule has 1 aromatic rings. The molecule has 0 saturated heterocycles. The lowest BCUT2D eigenvalue weighted by atomic mass is 10.1. The molecule has 0 aromatic carbocycles. The van der Waals surface area contributed by atoms with Crippen LogP contribution in [0.15, 0.2) is 6.20 Å². The molecule has 0 amide bonds. The number of nitrogens with zero attached hydrogens (tertiary/aromatic N) is 2. The number of halogens is 3. The average molecular weight is 252 g/mol. The minimum Gasteiger partial charge on any atom is -0.392 e. The SMILES string of the molecule is Nc1c([N+](=O)[O-])cnc(C(F)F)c1C(=O)Cl. The highest BCUT2D eigenvalue weighted by atomic mass is 35.5. The minimum absolute atomic E-state index is 0.556. The molecular formula is C7H4ClF2N3O3. The summed E-state index contributed by atoms with van der Waals surface area (Å²) in [5, 5.41) is 9.11. The predicted molar refractivity (Wildman–Crippen MR) is 50.4 cm³/mol. The Hall–Kier alpha value is -1.83. The third-order valence-corrected chi connectivity index (χ3v) is 1.92. The first-order valence-corrected chi connectivity index (χ1v) is 4.14. The number of nitrogens with two attached hydrogens (primary N) is 1. The third kappa shape index (κ3) is 2.06. The highest BCUT2D eigenvalue weighted by Crippen LogP contribution is 2.32. The number of rotatable bonds is 3. The molecule has 0 spiro atoms. The van der Waals surface area contributed by atoms with Crippen molar-refractivity contribution in [2.75, 3.05) is 5.73 Å². The summed E-state index contributed by atoms with van der Waals surface area (Å²) in [6.45, 7) is 0. The molecular weight excluding hydrogens is 248 g/mol. The monoisotopic (exact) mass is 251 g/mol. The second kappa shape index (κ2) is 4.35. The van der Waals surface area contributed by atoms with Gasteiger partial charge in [-0.1, -0.05) is 0 Å². The Bertz CT molecular complexity index is 466. The van der Waals surface area contributed by atoms with Crippen LogP contribution in [0.5, 0.6) is 0 Å². The fraction of sp³-hybridized carbons (Fsp3) is 0.143. The Morgan fingerprint density at radius 3 is 2.56 bits per heavy atom. The molecule has 0 bridgehead atoms. The number of hydrogen-bond donors (Lipinski definition) is 1. The van der Waals surface area contributed by atoms with E-state index in [2.05, 4.69) is 4.98 Å². The number of carbonyl (C=O) groups is 1. The zero-order chi connectivity index (χ0) is 12.5. The van der Waals surface area contributed by atoms with Gasteiger partial charge >= 0.3 is 5.69 Å². The number of aromatic nitrogens is 1. The van der Waals surface area contributed by atoms with E-state index in [1.54, 1.807) is 0 Å². The van der Waals surface area contributed by atoms with Crippen LogP contribution >= 0.6 is 11.6 Å². The summed E-state index contributed by atoms with van der Waals surface area (Å²) in [6, 6.07) is 0. The molecule has 0 saturated carbocycles. The summed E-state index contributed by atoms with van der Waals surface area (Å²) in [6.07, 6.45) is -2.54. The second-order valence-electron chi connectivity index (χ2n) is 2.65. The van der Waals surface area contributed by atoms with E-state index in [0.29, 0.717) is 6.20 Å². The summed E-state index contributed by atoms with van der Waals surface area (Å²) in [5.74, 6) is 0. The van der Waals surface area contributed by atoms with Crippen LogP contribution < -0.4 is 5.73 Å². The Morgan fingerprint density at radius 1 is 1.62 bits per heavy atom. The van der Waals surface area contributed by atoms with Crippen molar-refractivity contribution in [3.05, 3.63) is 27.6 Å². The van der Waals surface area contributed by atoms with Crippen molar-refractivity contribution in [2.45, 2.75) is 6.43 Å². The van der Waals surface area contributed by atoms with Crippen LogP contribution in [0.3, 0.4) is 0 Å². The molecule has 9 heteroatoms. The van der Waals surface area contributed by atoms with Gasteiger partial charge in [0.1, 0.15) is 17.6 Å². The van der Waals surface area contributed by atoms with E-state index in [9.17, 15) is 23.7 Å². The maximum Gasteiger partial charge on any atom is 0.311 e. The molecule has 86 valence electrons. The second-order valence-corrected chi connectivity index (χ2v) is 2.99. The molecule has 0 unspecified atom stereocenters. The van der Waals surface area contributed by atoms with E-state index >= 15 is 0 Å². The van der Waals surface area contributed by atoms with Gasteiger partial charge in [0.05, 0.1) is 10.5 Å². The van der Waals surface area contributed by atoms with E-state index in [4.69, 9.17) is 17.3 Å². The number of alkyl halides is 2. The molecule has 0 aliphatic carbocycles. The highest BCUT2D eigenvalue weighted by Gasteiger charge is 2.27. The maximum atomic E-state index is 12.4. The van der Waals surface area contributed by atoms with E-state index in [-0.39, 0.29) is 0 Å². The van der Waals surface area contributed by atoms with Crippen molar-refractivity contribution in [2.24, 2.45) is 0 Å². The number of hydrogen-bond acceptors (Lipinski definition) is 5. The van der Waals surface area contributed by atoms with Gasteiger partial charge in [-0.25, -0.2) is 13.8 Å². The Labute approximate surface area is 92.2 Å². The van der Waals surface area contributed by atoms with Gasteiger partial charge in [-0.05, 0) is 11.6 Å². The molecule has 0 radical (unpaired) electrons. The average Bonchev–Trinajstić information content (AvgIpc) is 2.15. The molecule has 0 atom stereocenters. The fourth-order valence-electron chi connectivity index (χ4n) is 1.05. The van der Waals surface area contributed by atoms with Gasteiger partial charge in [-0.3, -0.25) is 14.9 Å². The zero-order valence-corrected chi connectivity index (χ0v) is 8.24. The summed E-state index contributed by atoms with van der Waals surface area (Å²) in [5.41, 5.74) is 1.95. The van der Waals surface area contributed by atoms with Crippen molar-refractivity contribution in [3.8, 4) is 0 Å². The number of pyridine rings is 1. The fourth-order valence-corrected chi connectivity index (χ4v) is 1.25. The summed E-state index contributed by atoms with van der Waals surface area (Å²) in [4.78, 5) is 23.4. The van der Waals surface area contributed by atoms with Crippen LogP contribution in [0.4, 0.5) is 20.2 Å². The number of carbonyl (C=O) groups excluding carboxylic acids is 1. The van der Waals surface area contributed by atoms with Gasteiger partial charge in [-0.2, -0.15) is 0 Å². The quantitative estimate of drug-likeness (QED) is 0.502. The lowest BCUT2D eigenvalue weighted by Crippen LogP contribution is -2.09. The number of nitrogen functional groups attached to an aromatic ring is 1. The number of anilines is 1. The molecule has 1 rings (SSSR count). The van der Waals surface area contributed by atoms with E-state index < -0.39 is 39.2 Å². The molecule has 0 aliphatic heterocycles. The van der Waals surface area contributed by atoms with Crippen molar-refractivity contribution >= 4 is 28.2 Å². The molecule has 6 nitrogen and oxygen atoms in total. The minimum atomic E-state index is -3.10. The standard InChI is InChI=1S/C7H4ClF2N3O3/c8-6(14)3-4(11)2(13(15)16)1-12-5(3)7(9)10/h1,7H,(H2,11,12). The van der Waals surface area contributed by atoms with E-state index in [1.165, 1.54) is 0 Å². The molecule has 0 fully saturated rings. The normalized spacial score (nSPS) is 10.5. The Balaban J connectivity index is 3.54. The maximum absolute atomic E-state index is 12.4. The summed E-state index contributed by atoms with van der Waals surface area (Å²) in [7, 11) is 0. The topological polar surface area (TPSA) is 99.1 Å². The van der Waals surface area contributed by atoms with Crippen LogP contribution in [-0.4, -0.2) is 15.1 Å². The van der Waals surface area contributed by atoms with E-state index in [0.717, 1.165) is 0 Å². The van der Waals surface area contributed by atoms with Gasteiger partial charge in [0.15, 0.2) is 0 Å². The van der Waals surface area contributed by atoms with Crippen LogP contribution in [0.25, 0.3) is 0 Å². The van der Waals surface area contributed by atoms with Crippen molar-refractivity contribution in [3.63, 3.8) is 0 Å². The third-order valence-electron chi connectivity index (χ3n) is 1.73. The smallest absolute Gasteiger partial charge is 0.311 e. The zero-order valence-electron chi connectivity index (χ0n) is 7.49. The van der Waals surface area contributed by atoms with Crippen LogP contribution in [-0.2, 0) is 0 Å². The van der Waals surface area contributed by atoms with Crippen LogP contribution in [0, 0.1) is 10.1 Å². The first-order valence-electron chi connectivity index (χ1n) is 3.77. The van der Waals surface area contributed by atoms with Crippen molar-refractivity contribution in [1.82, 2.24) is 4.98 Å². The van der Waals surface area contributed by atoms with Gasteiger partial charge in [0.2, 0.25) is 0 Å². The molecule has 2 N–H and O–H groups in total. The highest BCUT2D eigenvalue weighted by molar-refractivity contribution is 6.68. The van der Waals surface area contributed by atoms with Crippen LogP contribution in [0.2, 0.25) is 0 Å². The van der Waals surface area contributed by atoms with Crippen molar-refractivity contribution < 1.29 is 18.5 Å². The lowest BCUT2D eigenvalue weighted by Gasteiger charge is -2.06. The lowest BCUT2D eigenvalue weighted by molar-refractivity contribution is -0.384. The predicted octanol–water partition coefficient (Wildman–Crippen LogP) is 1.89. The first-order chi connectivity index (χ1) is 7.36. The first kappa shape index (κ1) is 12.2. The molecule has 16 heavy (non-hydrogen) atoms. The number of nitro groups is 1. The van der Waals surface area contributed by atoms with Gasteiger partial charge in [0, 0.05) is 0 Å².